The van der Waals surface area contributed by atoms with E-state index in [0.717, 1.165) is 49.9 Å². The number of benzene rings is 2. The average Bonchev–Trinajstić information content (AvgIpc) is 3.89. The molecule has 8 fully saturated rings. The molecular weight excluding hydrogens is 643 g/mol. The molecule has 0 unspecified atom stereocenters. The van der Waals surface area contributed by atoms with E-state index in [1.54, 1.807) is 0 Å². The van der Waals surface area contributed by atoms with Gasteiger partial charge in [0.25, 0.3) is 0 Å². The molecule has 0 aromatic heterocycles. The number of rotatable bonds is 10. The molecule has 6 heterocycles. The molecule has 2 aromatic rings. The van der Waals surface area contributed by atoms with E-state index >= 15 is 0 Å². The van der Waals surface area contributed by atoms with Crippen molar-refractivity contribution in [1.82, 2.24) is 9.80 Å². The van der Waals surface area contributed by atoms with Crippen LogP contribution in [0.1, 0.15) is 88.2 Å². The van der Waals surface area contributed by atoms with Gasteiger partial charge in [-0.05, 0) is 112 Å². The second-order valence-corrected chi connectivity index (χ2v) is 15.5. The maximum absolute atomic E-state index is 11.5. The van der Waals surface area contributed by atoms with Crippen LogP contribution in [0.2, 0.25) is 0 Å². The fraction of sp³-hybridized carbons (Fsp3) is 0.700. The van der Waals surface area contributed by atoms with Gasteiger partial charge < -0.3 is 29.5 Å². The molecule has 2 saturated carbocycles. The number of hydrogen-bond acceptors (Lipinski definition) is 6. The highest BCUT2D eigenvalue weighted by atomic mass is 35.5. The molecule has 4 bridgehead atoms. The van der Waals surface area contributed by atoms with Crippen molar-refractivity contribution in [2.75, 3.05) is 52.5 Å². The summed E-state index contributed by atoms with van der Waals surface area (Å²) in [5, 5.41) is 23.1. The molecular formula is C40H60Cl2N2O4. The van der Waals surface area contributed by atoms with Crippen molar-refractivity contribution < 1.29 is 19.7 Å². The Balaban J connectivity index is 0.000000180. The molecule has 0 amide bonds. The fourth-order valence-electron chi connectivity index (χ4n) is 9.80. The van der Waals surface area contributed by atoms with Crippen LogP contribution in [0, 0.1) is 23.7 Å². The number of ether oxygens (including phenoxy) is 2. The molecule has 8 aliphatic rings. The third kappa shape index (κ3) is 8.45. The highest BCUT2D eigenvalue weighted by Gasteiger charge is 2.44. The molecule has 0 spiro atoms. The summed E-state index contributed by atoms with van der Waals surface area (Å²) in [5.41, 5.74) is 0.439. The summed E-state index contributed by atoms with van der Waals surface area (Å²) in [6, 6.07) is 20.4. The van der Waals surface area contributed by atoms with Crippen LogP contribution in [-0.4, -0.2) is 84.7 Å². The molecule has 2 N–H and O–H groups in total. The number of aliphatic hydroxyl groups is 2. The molecule has 4 atom stereocenters. The minimum Gasteiger partial charge on any atom is -0.382 e. The smallest absolute Gasteiger partial charge is 0.116 e. The van der Waals surface area contributed by atoms with Gasteiger partial charge in [-0.3, -0.25) is 0 Å². The Kier molecular flexibility index (Phi) is 13.7. The topological polar surface area (TPSA) is 65.4 Å². The van der Waals surface area contributed by atoms with Crippen LogP contribution in [0.3, 0.4) is 0 Å². The summed E-state index contributed by atoms with van der Waals surface area (Å²) in [5.74, 6) is 2.07. The lowest BCUT2D eigenvalue weighted by atomic mass is 9.80. The SMILES string of the molecule is Cl.Cl.O[C@@](CO[C@H]1CN2CCC1CC2)(c1ccccc1)C1CCCC1.O[C@](CO[C@@H]1CN2CCC1CC2)(c1ccccc1)C1CCCC1. The van der Waals surface area contributed by atoms with Crippen LogP contribution in [0.25, 0.3) is 0 Å². The number of piperidine rings is 6. The quantitative estimate of drug-likeness (QED) is 0.273. The van der Waals surface area contributed by atoms with Crippen molar-refractivity contribution >= 4 is 24.8 Å². The Labute approximate surface area is 301 Å². The van der Waals surface area contributed by atoms with Gasteiger partial charge in [0.15, 0.2) is 0 Å². The summed E-state index contributed by atoms with van der Waals surface area (Å²) < 4.78 is 12.7. The van der Waals surface area contributed by atoms with Gasteiger partial charge in [-0.2, -0.15) is 0 Å². The second-order valence-electron chi connectivity index (χ2n) is 15.5. The first-order valence-electron chi connectivity index (χ1n) is 18.7. The zero-order chi connectivity index (χ0) is 31.4. The first-order chi connectivity index (χ1) is 22.5. The molecule has 6 saturated heterocycles. The number of fused-ring (bicyclic) bond motifs is 6. The van der Waals surface area contributed by atoms with E-state index in [2.05, 4.69) is 34.1 Å². The Morgan fingerprint density at radius 2 is 0.854 bits per heavy atom. The molecule has 268 valence electrons. The van der Waals surface area contributed by atoms with E-state index in [-0.39, 0.29) is 24.8 Å². The van der Waals surface area contributed by atoms with Crippen molar-refractivity contribution in [3.8, 4) is 0 Å². The maximum atomic E-state index is 11.5. The maximum Gasteiger partial charge on any atom is 0.116 e. The summed E-state index contributed by atoms with van der Waals surface area (Å²) >= 11 is 0. The standard InChI is InChI=1S/2C20H29NO2.2ClH/c2*22-20(18-8-4-5-9-18,17-6-2-1-3-7-17)15-23-19-14-21-12-10-16(19)11-13-21;;/h2*1-3,6-7,16,18-19,22H,4-5,8-15H2;2*1H/t2*19-,20-;;/m10../s1. The second kappa shape index (κ2) is 17.3. The van der Waals surface area contributed by atoms with Crippen molar-refractivity contribution in [1.29, 1.82) is 0 Å². The zero-order valence-electron chi connectivity index (χ0n) is 28.8. The number of nitrogens with zero attached hydrogens (tertiary/aromatic N) is 2. The van der Waals surface area contributed by atoms with Gasteiger partial charge in [0.1, 0.15) is 11.2 Å². The predicted octanol–water partition coefficient (Wildman–Crippen LogP) is 7.19. The van der Waals surface area contributed by atoms with Crippen molar-refractivity contribution in [3.05, 3.63) is 71.8 Å². The molecule has 8 heteroatoms. The monoisotopic (exact) mass is 702 g/mol. The lowest BCUT2D eigenvalue weighted by Crippen LogP contribution is -2.53. The van der Waals surface area contributed by atoms with Gasteiger partial charge in [-0.1, -0.05) is 86.3 Å². The summed E-state index contributed by atoms with van der Waals surface area (Å²) in [6.45, 7) is 7.95. The molecule has 2 aliphatic carbocycles. The van der Waals surface area contributed by atoms with E-state index in [4.69, 9.17) is 9.47 Å². The normalized spacial score (nSPS) is 32.3. The van der Waals surface area contributed by atoms with E-state index in [9.17, 15) is 10.2 Å². The molecule has 2 aromatic carbocycles. The van der Waals surface area contributed by atoms with Gasteiger partial charge in [-0.25, -0.2) is 0 Å². The lowest BCUT2D eigenvalue weighted by Gasteiger charge is -2.46. The molecule has 48 heavy (non-hydrogen) atoms. The van der Waals surface area contributed by atoms with Crippen molar-refractivity contribution in [2.45, 2.75) is 100 Å². The van der Waals surface area contributed by atoms with Crippen LogP contribution in [0.15, 0.2) is 60.7 Å². The van der Waals surface area contributed by atoms with Crippen LogP contribution >= 0.6 is 24.8 Å². The highest BCUT2D eigenvalue weighted by Crippen LogP contribution is 2.43. The van der Waals surface area contributed by atoms with Gasteiger partial charge in [0, 0.05) is 13.1 Å². The Hall–Kier alpha value is -1.22. The lowest BCUT2D eigenvalue weighted by molar-refractivity contribution is -0.143. The Bertz CT molecular complexity index is 1120. The zero-order valence-corrected chi connectivity index (χ0v) is 30.4. The molecule has 10 rings (SSSR count). The molecule has 6 aliphatic heterocycles. The van der Waals surface area contributed by atoms with E-state index in [1.807, 2.05) is 36.4 Å². The highest BCUT2D eigenvalue weighted by molar-refractivity contribution is 5.85. The minimum absolute atomic E-state index is 0. The largest absolute Gasteiger partial charge is 0.382 e. The van der Waals surface area contributed by atoms with Crippen LogP contribution in [0.4, 0.5) is 0 Å². The van der Waals surface area contributed by atoms with Crippen molar-refractivity contribution in [2.24, 2.45) is 23.7 Å². The van der Waals surface area contributed by atoms with Gasteiger partial charge in [0.2, 0.25) is 0 Å². The molecule has 6 nitrogen and oxygen atoms in total. The number of halogens is 2. The van der Waals surface area contributed by atoms with Crippen LogP contribution in [-0.2, 0) is 20.7 Å². The van der Waals surface area contributed by atoms with Gasteiger partial charge in [-0.15, -0.1) is 24.8 Å². The van der Waals surface area contributed by atoms with Crippen molar-refractivity contribution in [3.63, 3.8) is 0 Å². The summed E-state index contributed by atoms with van der Waals surface area (Å²) in [4.78, 5) is 5.03. The minimum atomic E-state index is -0.816. The van der Waals surface area contributed by atoms with Crippen LogP contribution in [0.5, 0.6) is 0 Å². The average molecular weight is 704 g/mol. The van der Waals surface area contributed by atoms with Gasteiger partial charge in [0.05, 0.1) is 25.4 Å². The van der Waals surface area contributed by atoms with Crippen LogP contribution < -0.4 is 0 Å². The third-order valence-electron chi connectivity index (χ3n) is 12.8. The Morgan fingerprint density at radius 3 is 1.15 bits per heavy atom. The first kappa shape index (κ1) is 38.0. The fourth-order valence-corrected chi connectivity index (χ4v) is 9.80. The summed E-state index contributed by atoms with van der Waals surface area (Å²) in [7, 11) is 0. The molecule has 0 radical (unpaired) electrons. The van der Waals surface area contributed by atoms with Gasteiger partial charge >= 0.3 is 0 Å². The predicted molar refractivity (Wildman–Crippen MR) is 197 cm³/mol. The number of hydrogen-bond donors (Lipinski definition) is 2. The third-order valence-corrected chi connectivity index (χ3v) is 12.8. The Morgan fingerprint density at radius 1 is 0.521 bits per heavy atom. The van der Waals surface area contributed by atoms with E-state index in [1.165, 1.54) is 77.5 Å². The van der Waals surface area contributed by atoms with E-state index < -0.39 is 11.2 Å². The van der Waals surface area contributed by atoms with E-state index in [0.29, 0.717) is 49.1 Å². The first-order valence-corrected chi connectivity index (χ1v) is 18.7. The summed E-state index contributed by atoms with van der Waals surface area (Å²) in [6.07, 6.45) is 15.1.